The molecule has 1 aromatic carbocycles. The summed E-state index contributed by atoms with van der Waals surface area (Å²) in [5.74, 6) is -0.289. The average Bonchev–Trinajstić information content (AvgIpc) is 2.35. The van der Waals surface area contributed by atoms with Gasteiger partial charge in [0.15, 0.2) is 0 Å². The fourth-order valence-electron chi connectivity index (χ4n) is 1.64. The SMILES string of the molecule is CCN(CC)C(=O)C(C)Sc1cc(F)ccc1N. The Hall–Kier alpha value is -1.23. The van der Waals surface area contributed by atoms with E-state index in [2.05, 4.69) is 0 Å². The molecule has 0 spiro atoms. The van der Waals surface area contributed by atoms with Crippen LogP contribution in [0.2, 0.25) is 0 Å². The molecule has 1 atom stereocenters. The van der Waals surface area contributed by atoms with Crippen molar-refractivity contribution in [3.63, 3.8) is 0 Å². The first kappa shape index (κ1) is 14.8. The molecule has 0 saturated carbocycles. The lowest BCUT2D eigenvalue weighted by Crippen LogP contribution is -2.36. The van der Waals surface area contributed by atoms with Gasteiger partial charge in [-0.25, -0.2) is 4.39 Å². The van der Waals surface area contributed by atoms with Crippen LogP contribution in [0.4, 0.5) is 10.1 Å². The highest BCUT2D eigenvalue weighted by atomic mass is 32.2. The van der Waals surface area contributed by atoms with E-state index in [1.165, 1.54) is 30.0 Å². The Bertz CT molecular complexity index is 421. The Kier molecular flexibility index (Phi) is 5.47. The second-order valence-electron chi connectivity index (χ2n) is 3.95. The summed E-state index contributed by atoms with van der Waals surface area (Å²) in [6.07, 6.45) is 0. The van der Waals surface area contributed by atoms with Crippen molar-refractivity contribution in [2.24, 2.45) is 0 Å². The Morgan fingerprint density at radius 1 is 1.44 bits per heavy atom. The largest absolute Gasteiger partial charge is 0.398 e. The van der Waals surface area contributed by atoms with Crippen LogP contribution in [0.3, 0.4) is 0 Å². The van der Waals surface area contributed by atoms with Crippen molar-refractivity contribution >= 4 is 23.4 Å². The van der Waals surface area contributed by atoms with Gasteiger partial charge >= 0.3 is 0 Å². The minimum atomic E-state index is -0.339. The molecule has 1 unspecified atom stereocenters. The number of carbonyl (C=O) groups is 1. The van der Waals surface area contributed by atoms with Crippen molar-refractivity contribution in [3.05, 3.63) is 24.0 Å². The smallest absolute Gasteiger partial charge is 0.235 e. The Morgan fingerprint density at radius 2 is 2.06 bits per heavy atom. The van der Waals surface area contributed by atoms with Gasteiger partial charge in [0.25, 0.3) is 0 Å². The number of halogens is 1. The molecule has 0 saturated heterocycles. The van der Waals surface area contributed by atoms with Gasteiger partial charge in [-0.1, -0.05) is 0 Å². The van der Waals surface area contributed by atoms with E-state index in [1.807, 2.05) is 20.8 Å². The number of nitrogens with zero attached hydrogens (tertiary/aromatic N) is 1. The van der Waals surface area contributed by atoms with E-state index in [4.69, 9.17) is 5.73 Å². The lowest BCUT2D eigenvalue weighted by Gasteiger charge is -2.22. The zero-order valence-electron chi connectivity index (χ0n) is 10.9. The average molecular weight is 270 g/mol. The van der Waals surface area contributed by atoms with Crippen LogP contribution in [0.15, 0.2) is 23.1 Å². The van der Waals surface area contributed by atoms with Crippen LogP contribution in [0.25, 0.3) is 0 Å². The molecule has 3 nitrogen and oxygen atoms in total. The van der Waals surface area contributed by atoms with E-state index in [0.717, 1.165) is 0 Å². The highest BCUT2D eigenvalue weighted by Crippen LogP contribution is 2.30. The molecule has 1 amide bonds. The molecule has 0 aliphatic heterocycles. The normalized spacial score (nSPS) is 12.2. The molecule has 2 N–H and O–H groups in total. The molecule has 5 heteroatoms. The Balaban J connectivity index is 2.77. The molecule has 1 aromatic rings. The zero-order valence-corrected chi connectivity index (χ0v) is 11.8. The molecule has 0 heterocycles. The van der Waals surface area contributed by atoms with Crippen molar-refractivity contribution in [3.8, 4) is 0 Å². The number of nitrogens with two attached hydrogens (primary N) is 1. The van der Waals surface area contributed by atoms with Gasteiger partial charge in [-0.15, -0.1) is 11.8 Å². The van der Waals surface area contributed by atoms with Crippen molar-refractivity contribution in [1.29, 1.82) is 0 Å². The lowest BCUT2D eigenvalue weighted by atomic mass is 10.3. The van der Waals surface area contributed by atoms with Crippen LogP contribution >= 0.6 is 11.8 Å². The Labute approximate surface area is 112 Å². The molecule has 0 aromatic heterocycles. The third kappa shape index (κ3) is 3.63. The first-order valence-corrected chi connectivity index (χ1v) is 6.88. The van der Waals surface area contributed by atoms with Gasteiger partial charge in [-0.05, 0) is 39.0 Å². The molecule has 0 aliphatic carbocycles. The molecular weight excluding hydrogens is 251 g/mol. The summed E-state index contributed by atoms with van der Waals surface area (Å²) in [5, 5.41) is -0.269. The van der Waals surface area contributed by atoms with Gasteiger partial charge in [0.2, 0.25) is 5.91 Å². The molecule has 0 bridgehead atoms. The maximum absolute atomic E-state index is 13.1. The zero-order chi connectivity index (χ0) is 13.7. The van der Waals surface area contributed by atoms with Gasteiger partial charge in [0.05, 0.1) is 5.25 Å². The van der Waals surface area contributed by atoms with Gasteiger partial charge in [0, 0.05) is 23.7 Å². The maximum atomic E-state index is 13.1. The van der Waals surface area contributed by atoms with E-state index >= 15 is 0 Å². The summed E-state index contributed by atoms with van der Waals surface area (Å²) in [6.45, 7) is 7.05. The highest BCUT2D eigenvalue weighted by Gasteiger charge is 2.20. The third-order valence-electron chi connectivity index (χ3n) is 2.70. The van der Waals surface area contributed by atoms with Crippen molar-refractivity contribution in [2.75, 3.05) is 18.8 Å². The fraction of sp³-hybridized carbons (Fsp3) is 0.462. The monoisotopic (exact) mass is 270 g/mol. The van der Waals surface area contributed by atoms with Crippen molar-refractivity contribution in [2.45, 2.75) is 30.9 Å². The number of amides is 1. The van der Waals surface area contributed by atoms with Crippen molar-refractivity contribution in [1.82, 2.24) is 4.90 Å². The molecule has 0 fully saturated rings. The number of benzene rings is 1. The third-order valence-corrected chi connectivity index (χ3v) is 3.86. The number of anilines is 1. The maximum Gasteiger partial charge on any atom is 0.235 e. The summed E-state index contributed by atoms with van der Waals surface area (Å²) >= 11 is 1.30. The number of rotatable bonds is 5. The minimum Gasteiger partial charge on any atom is -0.398 e. The highest BCUT2D eigenvalue weighted by molar-refractivity contribution is 8.00. The van der Waals surface area contributed by atoms with Crippen LogP contribution < -0.4 is 5.73 Å². The standard InChI is InChI=1S/C13H19FN2OS/c1-4-16(5-2)13(17)9(3)18-12-8-10(14)6-7-11(12)15/h6-9H,4-5,15H2,1-3H3. The van der Waals surface area contributed by atoms with Crippen LogP contribution in [0.5, 0.6) is 0 Å². The van der Waals surface area contributed by atoms with Crippen LogP contribution in [-0.4, -0.2) is 29.1 Å². The van der Waals surface area contributed by atoms with Gasteiger partial charge in [-0.2, -0.15) is 0 Å². The van der Waals surface area contributed by atoms with Crippen molar-refractivity contribution < 1.29 is 9.18 Å². The van der Waals surface area contributed by atoms with E-state index in [1.54, 1.807) is 4.90 Å². The van der Waals surface area contributed by atoms with E-state index in [0.29, 0.717) is 23.7 Å². The van der Waals surface area contributed by atoms with E-state index in [-0.39, 0.29) is 17.0 Å². The summed E-state index contributed by atoms with van der Waals surface area (Å²) < 4.78 is 13.1. The molecule has 18 heavy (non-hydrogen) atoms. The lowest BCUT2D eigenvalue weighted by molar-refractivity contribution is -0.129. The quantitative estimate of drug-likeness (QED) is 0.661. The van der Waals surface area contributed by atoms with E-state index < -0.39 is 0 Å². The number of carbonyl (C=O) groups excluding carboxylic acids is 1. The second-order valence-corrected chi connectivity index (χ2v) is 5.34. The Morgan fingerprint density at radius 3 is 2.61 bits per heavy atom. The predicted octanol–water partition coefficient (Wildman–Crippen LogP) is 2.76. The van der Waals surface area contributed by atoms with Crippen LogP contribution in [0, 0.1) is 5.82 Å². The second kappa shape index (κ2) is 6.64. The molecule has 100 valence electrons. The molecule has 1 rings (SSSR count). The number of thioether (sulfide) groups is 1. The van der Waals surface area contributed by atoms with Gasteiger partial charge < -0.3 is 10.6 Å². The molecule has 0 radical (unpaired) electrons. The summed E-state index contributed by atoms with van der Waals surface area (Å²) in [6, 6.07) is 4.20. The molecular formula is C13H19FN2OS. The first-order valence-electron chi connectivity index (χ1n) is 6.00. The summed E-state index contributed by atoms with van der Waals surface area (Å²) in [7, 11) is 0. The molecule has 0 aliphatic rings. The summed E-state index contributed by atoms with van der Waals surface area (Å²) in [4.78, 5) is 14.4. The van der Waals surface area contributed by atoms with Crippen LogP contribution in [0.1, 0.15) is 20.8 Å². The van der Waals surface area contributed by atoms with Gasteiger partial charge in [0.1, 0.15) is 5.82 Å². The predicted molar refractivity (Wildman–Crippen MR) is 74.1 cm³/mol. The minimum absolute atomic E-state index is 0.0497. The number of hydrogen-bond donors (Lipinski definition) is 1. The van der Waals surface area contributed by atoms with Crippen LogP contribution in [-0.2, 0) is 4.79 Å². The fourth-order valence-corrected chi connectivity index (χ4v) is 2.66. The first-order chi connectivity index (χ1) is 8.49. The number of hydrogen-bond acceptors (Lipinski definition) is 3. The number of nitrogen functional groups attached to an aromatic ring is 1. The summed E-state index contributed by atoms with van der Waals surface area (Å²) in [5.41, 5.74) is 6.27. The van der Waals surface area contributed by atoms with E-state index in [9.17, 15) is 9.18 Å². The van der Waals surface area contributed by atoms with Gasteiger partial charge in [-0.3, -0.25) is 4.79 Å². The topological polar surface area (TPSA) is 46.3 Å².